The molecule has 0 saturated heterocycles. The average Bonchev–Trinajstić information content (AvgIpc) is 2.43. The number of carbonyl (C=O) groups excluding carboxylic acids is 1. The number of anilines is 1. The van der Waals surface area contributed by atoms with Gasteiger partial charge in [-0.1, -0.05) is 15.9 Å². The van der Waals surface area contributed by atoms with Gasteiger partial charge in [0, 0.05) is 17.6 Å². The van der Waals surface area contributed by atoms with Crippen LogP contribution in [0.15, 0.2) is 22.7 Å². The van der Waals surface area contributed by atoms with Gasteiger partial charge in [0.2, 0.25) is 0 Å². The molecule has 1 unspecified atom stereocenters. The highest BCUT2D eigenvalue weighted by molar-refractivity contribution is 9.10. The summed E-state index contributed by atoms with van der Waals surface area (Å²) in [5, 5.41) is 11.8. The van der Waals surface area contributed by atoms with Crippen LogP contribution in [0.3, 0.4) is 0 Å². The molecule has 0 aliphatic carbocycles. The third kappa shape index (κ3) is 5.24. The maximum atomic E-state index is 12.2. The number of thioether (sulfide) groups is 1. The molecule has 116 valence electrons. The van der Waals surface area contributed by atoms with Gasteiger partial charge in [0.25, 0.3) is 0 Å². The standard InChI is InChI=1S/C14H19BrN2O3S/c1-9(6-7-21-3)17(2)14(20)16-12-8-10(15)4-5-11(12)13(18)19/h4-5,8-9H,6-7H2,1-3H3,(H,16,20)(H,18,19). The van der Waals surface area contributed by atoms with E-state index in [-0.39, 0.29) is 23.3 Å². The van der Waals surface area contributed by atoms with Crippen LogP contribution in [0.25, 0.3) is 0 Å². The molecule has 1 aromatic carbocycles. The first-order valence-corrected chi connectivity index (χ1v) is 8.61. The maximum Gasteiger partial charge on any atom is 0.337 e. The summed E-state index contributed by atoms with van der Waals surface area (Å²) >= 11 is 5.00. The highest BCUT2D eigenvalue weighted by atomic mass is 79.9. The van der Waals surface area contributed by atoms with E-state index in [4.69, 9.17) is 5.11 Å². The van der Waals surface area contributed by atoms with Crippen molar-refractivity contribution in [1.29, 1.82) is 0 Å². The van der Waals surface area contributed by atoms with E-state index in [9.17, 15) is 9.59 Å². The number of amides is 2. The quantitative estimate of drug-likeness (QED) is 0.795. The number of carbonyl (C=O) groups is 2. The number of rotatable bonds is 6. The molecule has 0 heterocycles. The molecule has 0 aliphatic rings. The van der Waals surface area contributed by atoms with Gasteiger partial charge >= 0.3 is 12.0 Å². The van der Waals surface area contributed by atoms with Crippen LogP contribution in [-0.4, -0.2) is 47.1 Å². The number of benzene rings is 1. The lowest BCUT2D eigenvalue weighted by Gasteiger charge is -2.25. The molecule has 7 heteroatoms. The molecule has 0 aliphatic heterocycles. The Hall–Kier alpha value is -1.21. The van der Waals surface area contributed by atoms with E-state index in [2.05, 4.69) is 21.2 Å². The largest absolute Gasteiger partial charge is 0.478 e. The second kappa shape index (κ2) is 8.29. The van der Waals surface area contributed by atoms with Crippen LogP contribution in [0.2, 0.25) is 0 Å². The number of carboxylic acid groups (broad SMARTS) is 1. The first-order valence-electron chi connectivity index (χ1n) is 6.42. The lowest BCUT2D eigenvalue weighted by Crippen LogP contribution is -2.38. The van der Waals surface area contributed by atoms with Crippen molar-refractivity contribution in [1.82, 2.24) is 4.90 Å². The van der Waals surface area contributed by atoms with Crippen LogP contribution < -0.4 is 5.32 Å². The van der Waals surface area contributed by atoms with Gasteiger partial charge in [-0.3, -0.25) is 0 Å². The Morgan fingerprint density at radius 3 is 2.71 bits per heavy atom. The Morgan fingerprint density at radius 2 is 2.14 bits per heavy atom. The second-order valence-corrected chi connectivity index (χ2v) is 6.57. The fraction of sp³-hybridized carbons (Fsp3) is 0.429. The van der Waals surface area contributed by atoms with Crippen molar-refractivity contribution in [3.63, 3.8) is 0 Å². The zero-order valence-electron chi connectivity index (χ0n) is 12.2. The Morgan fingerprint density at radius 1 is 1.48 bits per heavy atom. The Balaban J connectivity index is 2.83. The third-order valence-electron chi connectivity index (χ3n) is 3.17. The van der Waals surface area contributed by atoms with E-state index < -0.39 is 5.97 Å². The van der Waals surface area contributed by atoms with Gasteiger partial charge in [0.05, 0.1) is 11.3 Å². The van der Waals surface area contributed by atoms with Gasteiger partial charge in [-0.25, -0.2) is 9.59 Å². The summed E-state index contributed by atoms with van der Waals surface area (Å²) < 4.78 is 0.709. The molecule has 2 N–H and O–H groups in total. The van der Waals surface area contributed by atoms with Crippen molar-refractivity contribution in [2.45, 2.75) is 19.4 Å². The molecule has 0 fully saturated rings. The van der Waals surface area contributed by atoms with Crippen LogP contribution >= 0.6 is 27.7 Å². The number of nitrogens with zero attached hydrogens (tertiary/aromatic N) is 1. The minimum absolute atomic E-state index is 0.0664. The number of aromatic carboxylic acids is 1. The number of nitrogens with one attached hydrogen (secondary N) is 1. The van der Waals surface area contributed by atoms with E-state index >= 15 is 0 Å². The van der Waals surface area contributed by atoms with Crippen molar-refractivity contribution < 1.29 is 14.7 Å². The van der Waals surface area contributed by atoms with Gasteiger partial charge < -0.3 is 15.3 Å². The molecule has 0 radical (unpaired) electrons. The Labute approximate surface area is 137 Å². The fourth-order valence-corrected chi connectivity index (χ4v) is 2.63. The number of urea groups is 1. The van der Waals surface area contributed by atoms with Gasteiger partial charge in [0.1, 0.15) is 0 Å². The molecule has 1 aromatic rings. The molecule has 0 aromatic heterocycles. The highest BCUT2D eigenvalue weighted by Gasteiger charge is 2.18. The molecule has 0 spiro atoms. The minimum Gasteiger partial charge on any atom is -0.478 e. The topological polar surface area (TPSA) is 69.6 Å². The molecule has 0 saturated carbocycles. The number of hydrogen-bond acceptors (Lipinski definition) is 3. The zero-order valence-corrected chi connectivity index (χ0v) is 14.6. The van der Waals surface area contributed by atoms with Crippen LogP contribution in [-0.2, 0) is 0 Å². The van der Waals surface area contributed by atoms with Gasteiger partial charge in [-0.2, -0.15) is 11.8 Å². The average molecular weight is 375 g/mol. The van der Waals surface area contributed by atoms with E-state index in [0.29, 0.717) is 4.47 Å². The van der Waals surface area contributed by atoms with E-state index in [1.807, 2.05) is 13.2 Å². The fourth-order valence-electron chi connectivity index (χ4n) is 1.69. The van der Waals surface area contributed by atoms with Crippen molar-refractivity contribution in [3.05, 3.63) is 28.2 Å². The van der Waals surface area contributed by atoms with Crippen molar-refractivity contribution in [2.75, 3.05) is 24.4 Å². The van der Waals surface area contributed by atoms with Crippen LogP contribution in [0.4, 0.5) is 10.5 Å². The van der Waals surface area contributed by atoms with Crippen molar-refractivity contribution in [3.8, 4) is 0 Å². The number of carboxylic acids is 1. The molecular formula is C14H19BrN2O3S. The lowest BCUT2D eigenvalue weighted by molar-refractivity contribution is 0.0698. The van der Waals surface area contributed by atoms with Crippen LogP contribution in [0.1, 0.15) is 23.7 Å². The third-order valence-corrected chi connectivity index (χ3v) is 4.31. The smallest absolute Gasteiger partial charge is 0.337 e. The number of hydrogen-bond donors (Lipinski definition) is 2. The van der Waals surface area contributed by atoms with E-state index in [0.717, 1.165) is 12.2 Å². The molecule has 1 atom stereocenters. The molecule has 21 heavy (non-hydrogen) atoms. The van der Waals surface area contributed by atoms with Crippen LogP contribution in [0.5, 0.6) is 0 Å². The monoisotopic (exact) mass is 374 g/mol. The van der Waals surface area contributed by atoms with Gasteiger partial charge in [0.15, 0.2) is 0 Å². The number of halogens is 1. The summed E-state index contributed by atoms with van der Waals surface area (Å²) in [6.45, 7) is 1.97. The van der Waals surface area contributed by atoms with Crippen LogP contribution in [0, 0.1) is 0 Å². The summed E-state index contributed by atoms with van der Waals surface area (Å²) in [6.07, 6.45) is 2.91. The van der Waals surface area contributed by atoms with Crippen molar-refractivity contribution in [2.24, 2.45) is 0 Å². The summed E-state index contributed by atoms with van der Waals surface area (Å²) in [7, 11) is 1.71. The van der Waals surface area contributed by atoms with E-state index in [1.165, 1.54) is 6.07 Å². The Kier molecular flexibility index (Phi) is 7.04. The summed E-state index contributed by atoms with van der Waals surface area (Å²) in [5.41, 5.74) is 0.350. The van der Waals surface area contributed by atoms with Crippen molar-refractivity contribution >= 4 is 45.4 Å². The molecular weight excluding hydrogens is 356 g/mol. The second-order valence-electron chi connectivity index (χ2n) is 4.67. The summed E-state index contributed by atoms with van der Waals surface area (Å²) in [6, 6.07) is 4.44. The molecule has 2 amide bonds. The highest BCUT2D eigenvalue weighted by Crippen LogP contribution is 2.22. The lowest BCUT2D eigenvalue weighted by atomic mass is 10.2. The van der Waals surface area contributed by atoms with E-state index in [1.54, 1.807) is 35.8 Å². The molecule has 5 nitrogen and oxygen atoms in total. The summed E-state index contributed by atoms with van der Waals surface area (Å²) in [5.74, 6) is -0.105. The molecule has 0 bridgehead atoms. The normalized spacial score (nSPS) is 11.8. The predicted molar refractivity (Wildman–Crippen MR) is 90.3 cm³/mol. The maximum absolute atomic E-state index is 12.2. The first-order chi connectivity index (χ1) is 9.86. The SMILES string of the molecule is CSCCC(C)N(C)C(=O)Nc1cc(Br)ccc1C(=O)O. The predicted octanol–water partition coefficient (Wildman–Crippen LogP) is 3.75. The van der Waals surface area contributed by atoms with Gasteiger partial charge in [-0.05, 0) is 43.6 Å². The minimum atomic E-state index is -1.07. The summed E-state index contributed by atoms with van der Waals surface area (Å²) in [4.78, 5) is 25.0. The Bertz CT molecular complexity index is 525. The molecule has 1 rings (SSSR count). The zero-order chi connectivity index (χ0) is 16.0. The van der Waals surface area contributed by atoms with Gasteiger partial charge in [-0.15, -0.1) is 0 Å². The first kappa shape index (κ1) is 17.8.